The maximum Gasteiger partial charge on any atom is 0.178 e. The monoisotopic (exact) mass is 257 g/mol. The summed E-state index contributed by atoms with van der Waals surface area (Å²) in [6.45, 7) is 1.88. The van der Waals surface area contributed by atoms with Crippen molar-refractivity contribution in [2.45, 2.75) is 30.7 Å². The highest BCUT2D eigenvalue weighted by atomic mass is 32.2. The molecular weight excluding hydrogens is 238 g/mol. The van der Waals surface area contributed by atoms with Gasteiger partial charge in [0.1, 0.15) is 5.75 Å². The standard InChI is InChI=1S/C12H19NO3S/c1-10(13)4-3-9-17(14,15)12-7-5-11(16-2)6-8-12/h5-8,10H,3-4,9,13H2,1-2H3. The number of methoxy groups -OCH3 is 1. The number of rotatable bonds is 6. The molecule has 0 radical (unpaired) electrons. The van der Waals surface area contributed by atoms with Crippen LogP contribution >= 0.6 is 0 Å². The van der Waals surface area contributed by atoms with Crippen LogP contribution in [0.15, 0.2) is 29.2 Å². The number of hydrogen-bond donors (Lipinski definition) is 1. The normalized spacial score (nSPS) is 13.4. The van der Waals surface area contributed by atoms with E-state index in [0.29, 0.717) is 17.1 Å². The average Bonchev–Trinajstić information content (AvgIpc) is 2.28. The minimum atomic E-state index is -3.19. The van der Waals surface area contributed by atoms with Gasteiger partial charge in [-0.2, -0.15) is 0 Å². The molecule has 0 bridgehead atoms. The Bertz CT molecular complexity index is 437. The molecule has 0 heterocycles. The molecule has 5 heteroatoms. The van der Waals surface area contributed by atoms with Crippen LogP contribution in [0.25, 0.3) is 0 Å². The lowest BCUT2D eigenvalue weighted by Gasteiger charge is -2.07. The summed E-state index contributed by atoms with van der Waals surface area (Å²) in [5.41, 5.74) is 5.59. The molecule has 1 atom stereocenters. The molecule has 0 fully saturated rings. The van der Waals surface area contributed by atoms with E-state index in [1.54, 1.807) is 31.4 Å². The van der Waals surface area contributed by atoms with E-state index in [4.69, 9.17) is 10.5 Å². The maximum atomic E-state index is 11.9. The van der Waals surface area contributed by atoms with E-state index in [-0.39, 0.29) is 11.8 Å². The molecular formula is C12H19NO3S. The molecule has 0 aliphatic heterocycles. The summed E-state index contributed by atoms with van der Waals surface area (Å²) in [6, 6.07) is 6.48. The first-order valence-corrected chi connectivity index (χ1v) is 7.23. The lowest BCUT2D eigenvalue weighted by Crippen LogP contribution is -2.16. The molecule has 4 nitrogen and oxygen atoms in total. The van der Waals surface area contributed by atoms with E-state index < -0.39 is 9.84 Å². The van der Waals surface area contributed by atoms with Gasteiger partial charge >= 0.3 is 0 Å². The number of ether oxygens (including phenoxy) is 1. The van der Waals surface area contributed by atoms with Crippen LogP contribution in [0.2, 0.25) is 0 Å². The zero-order valence-electron chi connectivity index (χ0n) is 10.2. The first-order chi connectivity index (χ1) is 7.95. The second kappa shape index (κ2) is 6.02. The van der Waals surface area contributed by atoms with Crippen molar-refractivity contribution in [2.75, 3.05) is 12.9 Å². The van der Waals surface area contributed by atoms with Crippen LogP contribution in [0.1, 0.15) is 19.8 Å². The van der Waals surface area contributed by atoms with Gasteiger partial charge < -0.3 is 10.5 Å². The third-order valence-corrected chi connectivity index (χ3v) is 4.31. The predicted octanol–water partition coefficient (Wildman–Crippen LogP) is 1.60. The fraction of sp³-hybridized carbons (Fsp3) is 0.500. The van der Waals surface area contributed by atoms with Gasteiger partial charge in [-0.25, -0.2) is 8.42 Å². The van der Waals surface area contributed by atoms with Crippen LogP contribution in [-0.2, 0) is 9.84 Å². The molecule has 0 spiro atoms. The topological polar surface area (TPSA) is 69.4 Å². The molecule has 0 aliphatic rings. The number of sulfone groups is 1. The molecule has 17 heavy (non-hydrogen) atoms. The summed E-state index contributed by atoms with van der Waals surface area (Å²) in [5.74, 6) is 0.792. The Morgan fingerprint density at radius 1 is 1.29 bits per heavy atom. The molecule has 0 aromatic heterocycles. The van der Waals surface area contributed by atoms with E-state index in [2.05, 4.69) is 0 Å². The molecule has 1 aromatic rings. The van der Waals surface area contributed by atoms with Crippen molar-refractivity contribution >= 4 is 9.84 Å². The zero-order chi connectivity index (χ0) is 12.9. The van der Waals surface area contributed by atoms with Crippen molar-refractivity contribution in [2.24, 2.45) is 5.73 Å². The van der Waals surface area contributed by atoms with Crippen molar-refractivity contribution in [1.29, 1.82) is 0 Å². The van der Waals surface area contributed by atoms with Crippen molar-refractivity contribution in [3.05, 3.63) is 24.3 Å². The van der Waals surface area contributed by atoms with Crippen LogP contribution in [0.4, 0.5) is 0 Å². The largest absolute Gasteiger partial charge is 0.497 e. The molecule has 0 amide bonds. The summed E-state index contributed by atoms with van der Waals surface area (Å²) in [4.78, 5) is 0.336. The van der Waals surface area contributed by atoms with Crippen molar-refractivity contribution in [3.8, 4) is 5.75 Å². The fourth-order valence-electron chi connectivity index (χ4n) is 1.50. The maximum absolute atomic E-state index is 11.9. The van der Waals surface area contributed by atoms with Gasteiger partial charge in [-0.15, -0.1) is 0 Å². The number of nitrogens with two attached hydrogens (primary N) is 1. The van der Waals surface area contributed by atoms with Crippen LogP contribution in [0.3, 0.4) is 0 Å². The van der Waals surface area contributed by atoms with E-state index >= 15 is 0 Å². The lowest BCUT2D eigenvalue weighted by molar-refractivity contribution is 0.414. The number of benzene rings is 1. The quantitative estimate of drug-likeness (QED) is 0.840. The van der Waals surface area contributed by atoms with Crippen LogP contribution < -0.4 is 10.5 Å². The highest BCUT2D eigenvalue weighted by molar-refractivity contribution is 7.91. The van der Waals surface area contributed by atoms with E-state index in [1.165, 1.54) is 0 Å². The van der Waals surface area contributed by atoms with Gasteiger partial charge in [0.05, 0.1) is 17.8 Å². The Balaban J connectivity index is 2.68. The minimum absolute atomic E-state index is 0.0427. The van der Waals surface area contributed by atoms with E-state index in [0.717, 1.165) is 6.42 Å². The second-order valence-electron chi connectivity index (χ2n) is 4.11. The summed E-state index contributed by atoms with van der Waals surface area (Å²) >= 11 is 0. The Kier molecular flexibility index (Phi) is 4.96. The van der Waals surface area contributed by atoms with E-state index in [1.807, 2.05) is 6.92 Å². The minimum Gasteiger partial charge on any atom is -0.497 e. The first-order valence-electron chi connectivity index (χ1n) is 5.58. The first kappa shape index (κ1) is 14.0. The van der Waals surface area contributed by atoms with E-state index in [9.17, 15) is 8.42 Å². The average molecular weight is 257 g/mol. The van der Waals surface area contributed by atoms with Gasteiger partial charge in [0, 0.05) is 6.04 Å². The highest BCUT2D eigenvalue weighted by Crippen LogP contribution is 2.17. The summed E-state index contributed by atoms with van der Waals surface area (Å²) in [5, 5.41) is 0. The summed E-state index contributed by atoms with van der Waals surface area (Å²) in [6.07, 6.45) is 1.31. The molecule has 96 valence electrons. The van der Waals surface area contributed by atoms with Crippen LogP contribution in [-0.4, -0.2) is 27.3 Å². The van der Waals surface area contributed by atoms with Crippen molar-refractivity contribution in [1.82, 2.24) is 0 Å². The zero-order valence-corrected chi connectivity index (χ0v) is 11.0. The second-order valence-corrected chi connectivity index (χ2v) is 6.22. The highest BCUT2D eigenvalue weighted by Gasteiger charge is 2.14. The Morgan fingerprint density at radius 2 is 1.88 bits per heavy atom. The summed E-state index contributed by atoms with van der Waals surface area (Å²) < 4.78 is 28.8. The molecule has 2 N–H and O–H groups in total. The van der Waals surface area contributed by atoms with Gasteiger partial charge in [-0.1, -0.05) is 0 Å². The number of hydrogen-bond acceptors (Lipinski definition) is 4. The van der Waals surface area contributed by atoms with Gasteiger partial charge in [0.2, 0.25) is 0 Å². The third-order valence-electron chi connectivity index (χ3n) is 2.49. The third kappa shape index (κ3) is 4.36. The molecule has 1 unspecified atom stereocenters. The summed E-state index contributed by atoms with van der Waals surface area (Å²) in [7, 11) is -1.64. The fourth-order valence-corrected chi connectivity index (χ4v) is 2.83. The molecule has 0 saturated carbocycles. The van der Waals surface area contributed by atoms with Gasteiger partial charge in [0.25, 0.3) is 0 Å². The smallest absolute Gasteiger partial charge is 0.178 e. The molecule has 1 aromatic carbocycles. The van der Waals surface area contributed by atoms with Gasteiger partial charge in [0.15, 0.2) is 9.84 Å². The molecule has 1 rings (SSSR count). The molecule has 0 saturated heterocycles. The predicted molar refractivity (Wildman–Crippen MR) is 67.9 cm³/mol. The van der Waals surface area contributed by atoms with Crippen LogP contribution in [0.5, 0.6) is 5.75 Å². The Morgan fingerprint density at radius 3 is 2.35 bits per heavy atom. The van der Waals surface area contributed by atoms with Gasteiger partial charge in [-0.05, 0) is 44.0 Å². The Labute approximate surface area is 103 Å². The van der Waals surface area contributed by atoms with Crippen LogP contribution in [0, 0.1) is 0 Å². The lowest BCUT2D eigenvalue weighted by atomic mass is 10.2. The SMILES string of the molecule is COc1ccc(S(=O)(=O)CCCC(C)N)cc1. The van der Waals surface area contributed by atoms with Crippen molar-refractivity contribution < 1.29 is 13.2 Å². The Hall–Kier alpha value is -1.07. The molecule has 0 aliphatic carbocycles. The van der Waals surface area contributed by atoms with Crippen molar-refractivity contribution in [3.63, 3.8) is 0 Å². The van der Waals surface area contributed by atoms with Gasteiger partial charge in [-0.3, -0.25) is 0 Å².